The lowest BCUT2D eigenvalue weighted by Gasteiger charge is -2.00. The van der Waals surface area contributed by atoms with E-state index in [9.17, 15) is 9.18 Å². The lowest BCUT2D eigenvalue weighted by atomic mass is 10.2. The Morgan fingerprint density at radius 1 is 1.39 bits per heavy atom. The van der Waals surface area contributed by atoms with Gasteiger partial charge in [0.2, 0.25) is 11.8 Å². The van der Waals surface area contributed by atoms with Crippen LogP contribution in [0.3, 0.4) is 0 Å². The molecule has 0 aliphatic carbocycles. The summed E-state index contributed by atoms with van der Waals surface area (Å²) in [5.74, 6) is -0.522. The molecule has 0 aliphatic heterocycles. The summed E-state index contributed by atoms with van der Waals surface area (Å²) in [6, 6.07) is 5.68. The van der Waals surface area contributed by atoms with Gasteiger partial charge in [0.05, 0.1) is 5.25 Å². The maximum Gasteiger partial charge on any atom is 0.277 e. The number of amides is 1. The van der Waals surface area contributed by atoms with Gasteiger partial charge in [0, 0.05) is 5.56 Å². The Kier molecular flexibility index (Phi) is 3.61. The molecule has 0 aliphatic rings. The predicted molar refractivity (Wildman–Crippen MR) is 64.2 cm³/mol. The van der Waals surface area contributed by atoms with Gasteiger partial charge in [0.15, 0.2) is 0 Å². The van der Waals surface area contributed by atoms with Gasteiger partial charge in [-0.2, -0.15) is 0 Å². The molecule has 1 atom stereocenters. The van der Waals surface area contributed by atoms with E-state index in [4.69, 9.17) is 10.2 Å². The van der Waals surface area contributed by atoms with Crippen LogP contribution in [0.4, 0.5) is 4.39 Å². The Hall–Kier alpha value is -1.89. The standard InChI is InChI=1S/C11H10FN3O2S/c1-6(9(13)16)18-11-15-14-10(17-11)7-2-4-8(12)5-3-7/h2-6H,1H3,(H2,13,16)/t6-/m0/s1. The smallest absolute Gasteiger partial charge is 0.277 e. The number of hydrogen-bond acceptors (Lipinski definition) is 5. The third kappa shape index (κ3) is 2.86. The van der Waals surface area contributed by atoms with Crippen LogP contribution in [-0.2, 0) is 4.79 Å². The molecule has 2 aromatic rings. The van der Waals surface area contributed by atoms with Gasteiger partial charge in [-0.3, -0.25) is 4.79 Å². The van der Waals surface area contributed by atoms with E-state index in [1.54, 1.807) is 6.92 Å². The van der Waals surface area contributed by atoms with E-state index < -0.39 is 11.2 Å². The first kappa shape index (κ1) is 12.6. The van der Waals surface area contributed by atoms with Crippen LogP contribution in [0, 0.1) is 5.82 Å². The summed E-state index contributed by atoms with van der Waals surface area (Å²) in [6.45, 7) is 1.65. The zero-order valence-electron chi connectivity index (χ0n) is 9.46. The van der Waals surface area contributed by atoms with Crippen molar-refractivity contribution >= 4 is 17.7 Å². The van der Waals surface area contributed by atoms with Crippen LogP contribution in [0.1, 0.15) is 6.92 Å². The first-order valence-corrected chi connectivity index (χ1v) is 5.99. The zero-order valence-corrected chi connectivity index (χ0v) is 10.3. The molecule has 5 nitrogen and oxygen atoms in total. The number of benzene rings is 1. The summed E-state index contributed by atoms with van der Waals surface area (Å²) < 4.78 is 18.1. The van der Waals surface area contributed by atoms with E-state index in [-0.39, 0.29) is 16.9 Å². The van der Waals surface area contributed by atoms with Crippen LogP contribution in [0.15, 0.2) is 33.9 Å². The summed E-state index contributed by atoms with van der Waals surface area (Å²) >= 11 is 1.08. The number of primary amides is 1. The molecule has 0 fully saturated rings. The summed E-state index contributed by atoms with van der Waals surface area (Å²) in [5.41, 5.74) is 5.74. The minimum atomic E-state index is -0.457. The molecule has 0 saturated heterocycles. The van der Waals surface area contributed by atoms with Crippen molar-refractivity contribution in [3.8, 4) is 11.5 Å². The van der Waals surface area contributed by atoms with Gasteiger partial charge in [-0.05, 0) is 31.2 Å². The second-order valence-corrected chi connectivity index (χ2v) is 4.83. The lowest BCUT2D eigenvalue weighted by Crippen LogP contribution is -2.22. The fourth-order valence-electron chi connectivity index (χ4n) is 1.18. The monoisotopic (exact) mass is 267 g/mol. The van der Waals surface area contributed by atoms with Crippen molar-refractivity contribution in [3.63, 3.8) is 0 Å². The van der Waals surface area contributed by atoms with Gasteiger partial charge in [0.1, 0.15) is 5.82 Å². The minimum absolute atomic E-state index is 0.251. The van der Waals surface area contributed by atoms with E-state index in [1.165, 1.54) is 24.3 Å². The number of nitrogens with two attached hydrogens (primary N) is 1. The molecule has 18 heavy (non-hydrogen) atoms. The number of carbonyl (C=O) groups excluding carboxylic acids is 1. The summed E-state index contributed by atoms with van der Waals surface area (Å²) in [6.07, 6.45) is 0. The normalized spacial score (nSPS) is 12.3. The van der Waals surface area contributed by atoms with Gasteiger partial charge in [0.25, 0.3) is 5.22 Å². The number of carbonyl (C=O) groups is 1. The third-order valence-electron chi connectivity index (χ3n) is 2.18. The summed E-state index contributed by atoms with van der Waals surface area (Å²) in [5, 5.41) is 7.40. The summed E-state index contributed by atoms with van der Waals surface area (Å²) in [7, 11) is 0. The Morgan fingerprint density at radius 3 is 2.67 bits per heavy atom. The van der Waals surface area contributed by atoms with Crippen LogP contribution < -0.4 is 5.73 Å². The highest BCUT2D eigenvalue weighted by molar-refractivity contribution is 8.00. The highest BCUT2D eigenvalue weighted by Gasteiger charge is 2.16. The molecule has 0 unspecified atom stereocenters. The van der Waals surface area contributed by atoms with E-state index in [1.807, 2.05) is 0 Å². The Bertz CT molecular complexity index is 556. The van der Waals surface area contributed by atoms with Crippen molar-refractivity contribution in [2.24, 2.45) is 5.73 Å². The second-order valence-electron chi connectivity index (χ2n) is 3.54. The van der Waals surface area contributed by atoms with Crippen molar-refractivity contribution in [3.05, 3.63) is 30.1 Å². The molecule has 2 rings (SSSR count). The molecule has 0 spiro atoms. The Morgan fingerprint density at radius 2 is 2.06 bits per heavy atom. The van der Waals surface area contributed by atoms with Crippen molar-refractivity contribution in [2.75, 3.05) is 0 Å². The highest BCUT2D eigenvalue weighted by atomic mass is 32.2. The molecule has 1 aromatic carbocycles. The van der Waals surface area contributed by atoms with Crippen molar-refractivity contribution < 1.29 is 13.6 Å². The maximum absolute atomic E-state index is 12.7. The number of thioether (sulfide) groups is 1. The quantitative estimate of drug-likeness (QED) is 0.855. The molecular weight excluding hydrogens is 257 g/mol. The van der Waals surface area contributed by atoms with Gasteiger partial charge in [-0.15, -0.1) is 10.2 Å². The average Bonchev–Trinajstić information content (AvgIpc) is 2.78. The third-order valence-corrected chi connectivity index (χ3v) is 3.13. The maximum atomic E-state index is 12.7. The fourth-order valence-corrected chi connectivity index (χ4v) is 1.81. The van der Waals surface area contributed by atoms with Crippen LogP contribution >= 0.6 is 11.8 Å². The van der Waals surface area contributed by atoms with Gasteiger partial charge >= 0.3 is 0 Å². The summed E-state index contributed by atoms with van der Waals surface area (Å²) in [4.78, 5) is 10.9. The van der Waals surface area contributed by atoms with E-state index in [0.29, 0.717) is 5.56 Å². The van der Waals surface area contributed by atoms with Gasteiger partial charge in [-0.25, -0.2) is 4.39 Å². The van der Waals surface area contributed by atoms with Crippen LogP contribution in [-0.4, -0.2) is 21.4 Å². The Balaban J connectivity index is 2.15. The second kappa shape index (κ2) is 5.18. The van der Waals surface area contributed by atoms with Crippen LogP contribution in [0.5, 0.6) is 0 Å². The predicted octanol–water partition coefficient (Wildman–Crippen LogP) is 1.84. The molecule has 7 heteroatoms. The molecular formula is C11H10FN3O2S. The van der Waals surface area contributed by atoms with Crippen molar-refractivity contribution in [2.45, 2.75) is 17.4 Å². The van der Waals surface area contributed by atoms with Crippen LogP contribution in [0.25, 0.3) is 11.5 Å². The average molecular weight is 267 g/mol. The number of aromatic nitrogens is 2. The molecule has 1 amide bonds. The van der Waals surface area contributed by atoms with E-state index in [2.05, 4.69) is 10.2 Å². The topological polar surface area (TPSA) is 82.0 Å². The number of hydrogen-bond donors (Lipinski definition) is 1. The minimum Gasteiger partial charge on any atom is -0.411 e. The molecule has 94 valence electrons. The first-order valence-electron chi connectivity index (χ1n) is 5.11. The van der Waals surface area contributed by atoms with E-state index >= 15 is 0 Å². The number of nitrogens with zero attached hydrogens (tertiary/aromatic N) is 2. The molecule has 1 aromatic heterocycles. The fraction of sp³-hybridized carbons (Fsp3) is 0.182. The lowest BCUT2D eigenvalue weighted by molar-refractivity contribution is -0.117. The molecule has 2 N–H and O–H groups in total. The van der Waals surface area contributed by atoms with Crippen molar-refractivity contribution in [1.29, 1.82) is 0 Å². The largest absolute Gasteiger partial charge is 0.411 e. The Labute approximate surface area is 107 Å². The number of rotatable bonds is 4. The molecule has 1 heterocycles. The molecule has 0 bridgehead atoms. The van der Waals surface area contributed by atoms with Gasteiger partial charge < -0.3 is 10.2 Å². The first-order chi connectivity index (χ1) is 8.56. The van der Waals surface area contributed by atoms with Crippen molar-refractivity contribution in [1.82, 2.24) is 10.2 Å². The van der Waals surface area contributed by atoms with Crippen LogP contribution in [0.2, 0.25) is 0 Å². The zero-order chi connectivity index (χ0) is 13.1. The molecule has 0 saturated carbocycles. The number of halogens is 1. The molecule has 0 radical (unpaired) electrons. The van der Waals surface area contributed by atoms with E-state index in [0.717, 1.165) is 11.8 Å². The van der Waals surface area contributed by atoms with Gasteiger partial charge in [-0.1, -0.05) is 11.8 Å². The highest BCUT2D eigenvalue weighted by Crippen LogP contribution is 2.25. The SMILES string of the molecule is C[C@H](Sc1nnc(-c2ccc(F)cc2)o1)C(N)=O.